The summed E-state index contributed by atoms with van der Waals surface area (Å²) in [5.74, 6) is -0.103. The van der Waals surface area contributed by atoms with Gasteiger partial charge in [0.15, 0.2) is 0 Å². The van der Waals surface area contributed by atoms with Crippen molar-refractivity contribution < 1.29 is 14.3 Å². The molecule has 6 nitrogen and oxygen atoms in total. The van der Waals surface area contributed by atoms with Crippen molar-refractivity contribution >= 4 is 11.8 Å². The first-order chi connectivity index (χ1) is 9.92. The van der Waals surface area contributed by atoms with E-state index in [4.69, 9.17) is 4.74 Å². The number of carbonyl (C=O) groups is 2. The zero-order valence-corrected chi connectivity index (χ0v) is 13.3. The van der Waals surface area contributed by atoms with Crippen molar-refractivity contribution in [2.45, 2.75) is 45.7 Å². The number of nitrogens with one attached hydrogen (secondary N) is 2. The lowest BCUT2D eigenvalue weighted by Gasteiger charge is -2.39. The molecule has 2 N–H and O–H groups in total. The van der Waals surface area contributed by atoms with Crippen LogP contribution in [-0.4, -0.2) is 61.6 Å². The first-order valence-electron chi connectivity index (χ1n) is 7.82. The molecule has 2 saturated heterocycles. The van der Waals surface area contributed by atoms with E-state index in [-0.39, 0.29) is 23.3 Å². The highest BCUT2D eigenvalue weighted by Crippen LogP contribution is 2.30. The number of rotatable bonds is 3. The number of hydrogen-bond acceptors (Lipinski definition) is 4. The molecule has 2 unspecified atom stereocenters. The summed E-state index contributed by atoms with van der Waals surface area (Å²) in [5.41, 5.74) is -0.0793. The smallest absolute Gasteiger partial charge is 0.245 e. The van der Waals surface area contributed by atoms with Crippen LogP contribution in [0.15, 0.2) is 0 Å². The Bertz CT molecular complexity index is 392. The van der Waals surface area contributed by atoms with Crippen LogP contribution in [0.2, 0.25) is 0 Å². The molecular weight excluding hydrogens is 270 g/mol. The molecule has 0 aromatic carbocycles. The van der Waals surface area contributed by atoms with Crippen molar-refractivity contribution in [3.8, 4) is 0 Å². The third-order valence-corrected chi connectivity index (χ3v) is 4.44. The fourth-order valence-electron chi connectivity index (χ4n) is 3.07. The molecule has 2 heterocycles. The van der Waals surface area contributed by atoms with Gasteiger partial charge in [-0.25, -0.2) is 0 Å². The van der Waals surface area contributed by atoms with Gasteiger partial charge in [0.2, 0.25) is 11.8 Å². The Labute approximate surface area is 126 Å². The fourth-order valence-corrected chi connectivity index (χ4v) is 3.07. The molecule has 2 atom stereocenters. The molecule has 0 saturated carbocycles. The Balaban J connectivity index is 1.90. The van der Waals surface area contributed by atoms with Crippen molar-refractivity contribution in [1.82, 2.24) is 15.5 Å². The Morgan fingerprint density at radius 2 is 2.00 bits per heavy atom. The highest BCUT2D eigenvalue weighted by molar-refractivity contribution is 5.90. The molecule has 2 amide bonds. The van der Waals surface area contributed by atoms with E-state index in [1.54, 1.807) is 11.8 Å². The van der Waals surface area contributed by atoms with E-state index in [1.165, 1.54) is 0 Å². The molecular formula is C15H27N3O3. The lowest BCUT2D eigenvalue weighted by atomic mass is 9.77. The largest absolute Gasteiger partial charge is 0.378 e. The molecule has 0 aromatic heterocycles. The lowest BCUT2D eigenvalue weighted by molar-refractivity contribution is -0.140. The van der Waals surface area contributed by atoms with Crippen LogP contribution >= 0.6 is 0 Å². The first kappa shape index (κ1) is 16.2. The average Bonchev–Trinajstić information content (AvgIpc) is 2.46. The molecule has 21 heavy (non-hydrogen) atoms. The second-order valence-corrected chi connectivity index (χ2v) is 6.65. The second kappa shape index (κ2) is 6.75. The van der Waals surface area contributed by atoms with Crippen LogP contribution in [0.5, 0.6) is 0 Å². The highest BCUT2D eigenvalue weighted by Gasteiger charge is 2.38. The van der Waals surface area contributed by atoms with Crippen LogP contribution in [0, 0.1) is 5.41 Å². The van der Waals surface area contributed by atoms with Crippen molar-refractivity contribution in [3.63, 3.8) is 0 Å². The highest BCUT2D eigenvalue weighted by atomic mass is 16.5. The standard InChI is InChI=1S/C15H27N3O3/c1-11(14(20)18-7-9-21-10-8-18)17-13(19)12-15(2,3)5-4-6-16-12/h11-12,16H,4-10H2,1-3H3,(H,17,19). The Kier molecular flexibility index (Phi) is 5.22. The number of ether oxygens (including phenoxy) is 1. The second-order valence-electron chi connectivity index (χ2n) is 6.65. The summed E-state index contributed by atoms with van der Waals surface area (Å²) in [6, 6.07) is -0.721. The van der Waals surface area contributed by atoms with Crippen molar-refractivity contribution in [1.29, 1.82) is 0 Å². The summed E-state index contributed by atoms with van der Waals surface area (Å²) >= 11 is 0. The van der Waals surface area contributed by atoms with Crippen molar-refractivity contribution in [2.24, 2.45) is 5.41 Å². The molecule has 2 fully saturated rings. The van der Waals surface area contributed by atoms with Gasteiger partial charge in [-0.15, -0.1) is 0 Å². The van der Waals surface area contributed by atoms with Crippen LogP contribution in [0.4, 0.5) is 0 Å². The number of morpholine rings is 1. The summed E-state index contributed by atoms with van der Waals surface area (Å²) in [5, 5.41) is 6.14. The van der Waals surface area contributed by atoms with Crippen molar-refractivity contribution in [2.75, 3.05) is 32.8 Å². The van der Waals surface area contributed by atoms with E-state index < -0.39 is 6.04 Å². The molecule has 0 bridgehead atoms. The third-order valence-electron chi connectivity index (χ3n) is 4.44. The summed E-state index contributed by atoms with van der Waals surface area (Å²) in [6.45, 7) is 9.15. The molecule has 0 aliphatic carbocycles. The molecule has 120 valence electrons. The minimum Gasteiger partial charge on any atom is -0.378 e. The van der Waals surface area contributed by atoms with E-state index in [1.807, 2.05) is 0 Å². The lowest BCUT2D eigenvalue weighted by Crippen LogP contribution is -2.59. The zero-order chi connectivity index (χ0) is 15.5. The number of hydrogen-bond donors (Lipinski definition) is 2. The van der Waals surface area contributed by atoms with E-state index in [0.29, 0.717) is 26.3 Å². The van der Waals surface area contributed by atoms with Crippen LogP contribution in [0.25, 0.3) is 0 Å². The predicted octanol–water partition coefficient (Wildman–Crippen LogP) is 0.128. The first-order valence-corrected chi connectivity index (χ1v) is 7.82. The quantitative estimate of drug-likeness (QED) is 0.777. The van der Waals surface area contributed by atoms with Gasteiger partial charge in [-0.3, -0.25) is 9.59 Å². The summed E-state index contributed by atoms with van der Waals surface area (Å²) in [4.78, 5) is 26.5. The maximum absolute atomic E-state index is 12.4. The predicted molar refractivity (Wildman–Crippen MR) is 79.8 cm³/mol. The normalized spacial score (nSPS) is 27.0. The van der Waals surface area contributed by atoms with Crippen LogP contribution in [0.3, 0.4) is 0 Å². The van der Waals surface area contributed by atoms with Gasteiger partial charge >= 0.3 is 0 Å². The minimum absolute atomic E-state index is 0.0275. The molecule has 0 spiro atoms. The van der Waals surface area contributed by atoms with Gasteiger partial charge in [-0.05, 0) is 31.7 Å². The Morgan fingerprint density at radius 1 is 1.33 bits per heavy atom. The zero-order valence-electron chi connectivity index (χ0n) is 13.3. The van der Waals surface area contributed by atoms with Crippen LogP contribution in [0.1, 0.15) is 33.6 Å². The SMILES string of the molecule is CC(NC(=O)C1NCCCC1(C)C)C(=O)N1CCOCC1. The monoisotopic (exact) mass is 297 g/mol. The number of nitrogens with zero attached hydrogens (tertiary/aromatic N) is 1. The van der Waals surface area contributed by atoms with Gasteiger partial charge in [0.1, 0.15) is 6.04 Å². The number of piperidine rings is 1. The molecule has 0 aromatic rings. The van der Waals surface area contributed by atoms with Gasteiger partial charge in [0, 0.05) is 13.1 Å². The third kappa shape index (κ3) is 3.95. The molecule has 2 aliphatic rings. The number of carbonyl (C=O) groups excluding carboxylic acids is 2. The van der Waals surface area contributed by atoms with E-state index in [9.17, 15) is 9.59 Å². The maximum atomic E-state index is 12.4. The van der Waals surface area contributed by atoms with E-state index >= 15 is 0 Å². The van der Waals surface area contributed by atoms with E-state index in [2.05, 4.69) is 24.5 Å². The van der Waals surface area contributed by atoms with E-state index in [0.717, 1.165) is 19.4 Å². The number of amides is 2. The maximum Gasteiger partial charge on any atom is 0.245 e. The van der Waals surface area contributed by atoms with Gasteiger partial charge in [-0.2, -0.15) is 0 Å². The Morgan fingerprint density at radius 3 is 2.62 bits per heavy atom. The van der Waals surface area contributed by atoms with Crippen molar-refractivity contribution in [3.05, 3.63) is 0 Å². The summed E-state index contributed by atoms with van der Waals surface area (Å²) < 4.78 is 5.24. The average molecular weight is 297 g/mol. The van der Waals surface area contributed by atoms with Crippen LogP contribution < -0.4 is 10.6 Å². The topological polar surface area (TPSA) is 70.7 Å². The summed E-state index contributed by atoms with van der Waals surface area (Å²) in [6.07, 6.45) is 2.10. The van der Waals surface area contributed by atoms with Gasteiger partial charge < -0.3 is 20.3 Å². The fraction of sp³-hybridized carbons (Fsp3) is 0.867. The molecule has 0 radical (unpaired) electrons. The molecule has 2 rings (SSSR count). The van der Waals surface area contributed by atoms with Crippen LogP contribution in [-0.2, 0) is 14.3 Å². The van der Waals surface area contributed by atoms with Gasteiger partial charge in [-0.1, -0.05) is 13.8 Å². The summed E-state index contributed by atoms with van der Waals surface area (Å²) in [7, 11) is 0. The van der Waals surface area contributed by atoms with Gasteiger partial charge in [0.25, 0.3) is 0 Å². The minimum atomic E-state index is -0.491. The molecule has 2 aliphatic heterocycles. The Hall–Kier alpha value is -1.14. The van der Waals surface area contributed by atoms with Gasteiger partial charge in [0.05, 0.1) is 19.3 Å². The molecule has 6 heteroatoms.